The molecule has 10 heteroatoms. The van der Waals surface area contributed by atoms with Gasteiger partial charge in [-0.3, -0.25) is 15.0 Å². The third kappa shape index (κ3) is 4.86. The molecule has 2 aromatic carbocycles. The summed E-state index contributed by atoms with van der Waals surface area (Å²) in [5, 5.41) is 1.34. The van der Waals surface area contributed by atoms with Crippen molar-refractivity contribution >= 4 is 89.7 Å². The van der Waals surface area contributed by atoms with E-state index in [-0.39, 0.29) is 9.88 Å². The highest BCUT2D eigenvalue weighted by Gasteiger charge is 2.34. The number of methoxy groups -OCH3 is 1. The van der Waals surface area contributed by atoms with Gasteiger partial charge in [0.15, 0.2) is 4.32 Å². The lowest BCUT2D eigenvalue weighted by Gasteiger charge is -2.16. The van der Waals surface area contributed by atoms with Gasteiger partial charge in [0.25, 0.3) is 11.8 Å². The summed E-state index contributed by atoms with van der Waals surface area (Å²) in [5.41, 5.74) is 4.39. The molecule has 1 saturated heterocycles. The van der Waals surface area contributed by atoms with E-state index in [0.29, 0.717) is 21.2 Å². The van der Waals surface area contributed by atoms with Crippen molar-refractivity contribution in [2.45, 2.75) is 6.92 Å². The standard InChI is InChI=1S/C19H13Br2ClN2O3S2/c1-9-3-4-12(14(22)5-9)17(25)23-24-18(26)15(29-19(24)28)7-10-6-11(20)8-13(21)16(10)27-2/h3-8H,1-2H3,(H,23,25)/b15-7+. The van der Waals surface area contributed by atoms with Crippen molar-refractivity contribution in [3.05, 3.63) is 65.9 Å². The number of thiocarbonyl (C=S) groups is 1. The maximum absolute atomic E-state index is 12.8. The van der Waals surface area contributed by atoms with Crippen molar-refractivity contribution in [2.75, 3.05) is 7.11 Å². The van der Waals surface area contributed by atoms with Gasteiger partial charge < -0.3 is 4.74 Å². The molecule has 5 nitrogen and oxygen atoms in total. The number of hydrogen-bond acceptors (Lipinski definition) is 5. The number of hydrazine groups is 1. The topological polar surface area (TPSA) is 58.6 Å². The Morgan fingerprint density at radius 3 is 2.69 bits per heavy atom. The van der Waals surface area contributed by atoms with Gasteiger partial charge in [-0.05, 0) is 71.0 Å². The van der Waals surface area contributed by atoms with E-state index in [4.69, 9.17) is 28.6 Å². The summed E-state index contributed by atoms with van der Waals surface area (Å²) in [4.78, 5) is 25.8. The summed E-state index contributed by atoms with van der Waals surface area (Å²) >= 11 is 19.4. The summed E-state index contributed by atoms with van der Waals surface area (Å²) in [5.74, 6) is -0.376. The van der Waals surface area contributed by atoms with Crippen LogP contribution in [0.5, 0.6) is 5.75 Å². The number of nitrogens with zero attached hydrogens (tertiary/aromatic N) is 1. The lowest BCUT2D eigenvalue weighted by molar-refractivity contribution is -0.123. The number of benzene rings is 2. The zero-order valence-electron chi connectivity index (χ0n) is 15.1. The molecule has 1 heterocycles. The van der Waals surface area contributed by atoms with Crippen LogP contribution in [0.1, 0.15) is 21.5 Å². The number of aryl methyl sites for hydroxylation is 1. The molecule has 2 aromatic rings. The largest absolute Gasteiger partial charge is 0.495 e. The van der Waals surface area contributed by atoms with E-state index in [2.05, 4.69) is 37.3 Å². The van der Waals surface area contributed by atoms with Gasteiger partial charge in [-0.25, -0.2) is 0 Å². The molecule has 0 aromatic heterocycles. The number of carbonyl (C=O) groups is 2. The van der Waals surface area contributed by atoms with Gasteiger partial charge in [0.05, 0.1) is 27.1 Å². The summed E-state index contributed by atoms with van der Waals surface area (Å²) in [6, 6.07) is 8.71. The van der Waals surface area contributed by atoms with E-state index in [1.807, 2.05) is 19.1 Å². The molecule has 29 heavy (non-hydrogen) atoms. The summed E-state index contributed by atoms with van der Waals surface area (Å²) in [6.07, 6.45) is 1.67. The number of halogens is 3. The van der Waals surface area contributed by atoms with Crippen LogP contribution >= 0.6 is 67.4 Å². The third-order valence-corrected chi connectivity index (χ3v) is 6.57. The van der Waals surface area contributed by atoms with Crippen LogP contribution in [-0.4, -0.2) is 28.3 Å². The highest BCUT2D eigenvalue weighted by Crippen LogP contribution is 2.37. The van der Waals surface area contributed by atoms with Crippen LogP contribution in [0.2, 0.25) is 5.02 Å². The van der Waals surface area contributed by atoms with E-state index in [1.54, 1.807) is 31.4 Å². The SMILES string of the molecule is COc1c(Br)cc(Br)cc1/C=C1/SC(=S)N(NC(=O)c2ccc(C)cc2Cl)C1=O. The van der Waals surface area contributed by atoms with Crippen LogP contribution < -0.4 is 10.2 Å². The minimum atomic E-state index is -0.518. The quantitative estimate of drug-likeness (QED) is 0.372. The first-order valence-corrected chi connectivity index (χ1v) is 11.3. The van der Waals surface area contributed by atoms with Gasteiger partial charge >= 0.3 is 0 Å². The van der Waals surface area contributed by atoms with Crippen LogP contribution in [0.3, 0.4) is 0 Å². The monoisotopic (exact) mass is 574 g/mol. The summed E-state index contributed by atoms with van der Waals surface area (Å²) in [7, 11) is 1.54. The maximum atomic E-state index is 12.8. The Balaban J connectivity index is 1.87. The number of thioether (sulfide) groups is 1. The molecule has 3 rings (SSSR count). The van der Waals surface area contributed by atoms with E-state index in [1.165, 1.54) is 0 Å². The third-order valence-electron chi connectivity index (χ3n) is 3.90. The first-order valence-electron chi connectivity index (χ1n) is 8.09. The fraction of sp³-hybridized carbons (Fsp3) is 0.105. The first-order chi connectivity index (χ1) is 13.7. The Morgan fingerprint density at radius 2 is 2.03 bits per heavy atom. The average molecular weight is 577 g/mol. The highest BCUT2D eigenvalue weighted by atomic mass is 79.9. The van der Waals surface area contributed by atoms with E-state index in [9.17, 15) is 9.59 Å². The molecule has 0 saturated carbocycles. The van der Waals surface area contributed by atoms with Crippen molar-refractivity contribution in [1.82, 2.24) is 10.4 Å². The van der Waals surface area contributed by atoms with Crippen LogP contribution in [0, 0.1) is 6.92 Å². The van der Waals surface area contributed by atoms with Crippen LogP contribution in [0.25, 0.3) is 6.08 Å². The van der Waals surface area contributed by atoms with Crippen LogP contribution in [0.15, 0.2) is 44.2 Å². The second-order valence-electron chi connectivity index (χ2n) is 5.95. The predicted molar refractivity (Wildman–Crippen MR) is 127 cm³/mol. The number of ether oxygens (including phenoxy) is 1. The molecule has 2 amide bonds. The van der Waals surface area contributed by atoms with Gasteiger partial charge in [-0.2, -0.15) is 5.01 Å². The summed E-state index contributed by atoms with van der Waals surface area (Å²) < 4.78 is 7.17. The van der Waals surface area contributed by atoms with Crippen molar-refractivity contribution in [3.8, 4) is 5.75 Å². The molecule has 0 bridgehead atoms. The van der Waals surface area contributed by atoms with Crippen molar-refractivity contribution in [1.29, 1.82) is 0 Å². The maximum Gasteiger partial charge on any atom is 0.285 e. The van der Waals surface area contributed by atoms with Crippen molar-refractivity contribution < 1.29 is 14.3 Å². The second kappa shape index (κ2) is 9.18. The van der Waals surface area contributed by atoms with E-state index >= 15 is 0 Å². The van der Waals surface area contributed by atoms with Gasteiger partial charge in [0.2, 0.25) is 0 Å². The van der Waals surface area contributed by atoms with Gasteiger partial charge in [0.1, 0.15) is 5.75 Å². The normalized spacial score (nSPS) is 15.2. The number of amides is 2. The average Bonchev–Trinajstić information content (AvgIpc) is 2.88. The molecule has 1 fully saturated rings. The molecule has 1 N–H and O–H groups in total. The Morgan fingerprint density at radius 1 is 1.31 bits per heavy atom. The zero-order valence-corrected chi connectivity index (χ0v) is 20.6. The van der Waals surface area contributed by atoms with Gasteiger partial charge in [-0.15, -0.1) is 0 Å². The second-order valence-corrected chi connectivity index (χ2v) is 9.80. The molecular formula is C19H13Br2ClN2O3S2. The molecule has 0 aliphatic carbocycles. The number of rotatable bonds is 4. The van der Waals surface area contributed by atoms with E-state index < -0.39 is 11.8 Å². The minimum Gasteiger partial charge on any atom is -0.495 e. The predicted octanol–water partition coefficient (Wildman–Crippen LogP) is 5.73. The zero-order chi connectivity index (χ0) is 21.3. The van der Waals surface area contributed by atoms with Crippen LogP contribution in [0.4, 0.5) is 0 Å². The minimum absolute atomic E-state index is 0.214. The Bertz CT molecular complexity index is 1080. The molecule has 1 aliphatic rings. The fourth-order valence-corrected chi connectivity index (χ4v) is 5.49. The lowest BCUT2D eigenvalue weighted by atomic mass is 10.1. The fourth-order valence-electron chi connectivity index (χ4n) is 2.57. The first kappa shape index (κ1) is 22.3. The molecule has 150 valence electrons. The van der Waals surface area contributed by atoms with Crippen molar-refractivity contribution in [3.63, 3.8) is 0 Å². The lowest BCUT2D eigenvalue weighted by Crippen LogP contribution is -2.44. The smallest absolute Gasteiger partial charge is 0.285 e. The summed E-state index contributed by atoms with van der Waals surface area (Å²) in [6.45, 7) is 1.87. The van der Waals surface area contributed by atoms with E-state index in [0.717, 1.165) is 31.3 Å². The van der Waals surface area contributed by atoms with Crippen LogP contribution in [-0.2, 0) is 4.79 Å². The van der Waals surface area contributed by atoms with Gasteiger partial charge in [0, 0.05) is 10.0 Å². The molecule has 1 aliphatic heterocycles. The molecule has 0 spiro atoms. The Labute approximate surface area is 199 Å². The Hall–Kier alpha value is -1.39. The molecule has 0 radical (unpaired) electrons. The highest BCUT2D eigenvalue weighted by molar-refractivity contribution is 9.11. The van der Waals surface area contributed by atoms with Gasteiger partial charge in [-0.1, -0.05) is 45.4 Å². The molecular weight excluding hydrogens is 564 g/mol. The number of nitrogens with one attached hydrogen (secondary N) is 1. The molecule has 0 atom stereocenters. The Kier molecular flexibility index (Phi) is 7.06. The molecule has 0 unspecified atom stereocenters. The number of carbonyl (C=O) groups excluding carboxylic acids is 2. The number of hydrogen-bond donors (Lipinski definition) is 1. The van der Waals surface area contributed by atoms with Crippen molar-refractivity contribution in [2.24, 2.45) is 0 Å².